The lowest BCUT2D eigenvalue weighted by molar-refractivity contribution is -0.129. The van der Waals surface area contributed by atoms with Gasteiger partial charge in [0.05, 0.1) is 13.2 Å². The van der Waals surface area contributed by atoms with Crippen molar-refractivity contribution in [3.63, 3.8) is 0 Å². The zero-order valence-corrected chi connectivity index (χ0v) is 16.1. The number of hydrogen-bond donors (Lipinski definition) is 0. The highest BCUT2D eigenvalue weighted by Gasteiger charge is 2.24. The van der Waals surface area contributed by atoms with Crippen LogP contribution in [0.1, 0.15) is 25.0 Å². The molecule has 0 unspecified atom stereocenters. The van der Waals surface area contributed by atoms with Gasteiger partial charge in [0.15, 0.2) is 17.2 Å². The van der Waals surface area contributed by atoms with Gasteiger partial charge in [-0.3, -0.25) is 0 Å². The van der Waals surface area contributed by atoms with Gasteiger partial charge in [-0.05, 0) is 55.8 Å². The van der Waals surface area contributed by atoms with Crippen molar-refractivity contribution < 1.29 is 19.0 Å². The second-order valence-corrected chi connectivity index (χ2v) is 6.33. The quantitative estimate of drug-likeness (QED) is 0.511. The Balaban J connectivity index is 1.91. The number of esters is 1. The lowest BCUT2D eigenvalue weighted by atomic mass is 10.1. The van der Waals surface area contributed by atoms with E-state index in [1.165, 1.54) is 0 Å². The van der Waals surface area contributed by atoms with Crippen LogP contribution in [0.5, 0.6) is 11.5 Å². The summed E-state index contributed by atoms with van der Waals surface area (Å²) in [6.45, 7) is 4.89. The van der Waals surface area contributed by atoms with Crippen LogP contribution in [0.25, 0.3) is 6.08 Å². The van der Waals surface area contributed by atoms with Crippen LogP contribution in [0.4, 0.5) is 0 Å². The summed E-state index contributed by atoms with van der Waals surface area (Å²) in [7, 11) is 0. The van der Waals surface area contributed by atoms with Crippen LogP contribution in [0.2, 0.25) is 0 Å². The van der Waals surface area contributed by atoms with E-state index in [9.17, 15) is 4.79 Å². The average molecular weight is 416 g/mol. The molecule has 0 N–H and O–H groups in total. The lowest BCUT2D eigenvalue weighted by Gasteiger charge is -2.11. The van der Waals surface area contributed by atoms with E-state index in [4.69, 9.17) is 14.2 Å². The van der Waals surface area contributed by atoms with Gasteiger partial charge in [0.25, 0.3) is 0 Å². The number of nitrogens with zero attached hydrogens (tertiary/aromatic N) is 1. The lowest BCUT2D eigenvalue weighted by Crippen LogP contribution is -2.05. The zero-order valence-electron chi connectivity index (χ0n) is 14.5. The largest absolute Gasteiger partial charge is 0.490 e. The predicted octanol–water partition coefficient (Wildman–Crippen LogP) is 4.59. The molecule has 134 valence electrons. The number of carbonyl (C=O) groups excluding carboxylic acids is 1. The summed E-state index contributed by atoms with van der Waals surface area (Å²) in [5.74, 6) is 1.11. The Bertz CT molecular complexity index is 889. The Kier molecular flexibility index (Phi) is 5.73. The van der Waals surface area contributed by atoms with Crippen molar-refractivity contribution in [1.82, 2.24) is 0 Å². The molecule has 1 aliphatic heterocycles. The SMILES string of the molecule is CCOc1ccc(/C=C2\N=C(c3cccc(Br)c3)OC2=O)cc1OCC. The number of cyclic esters (lactones) is 1. The monoisotopic (exact) mass is 415 g/mol. The predicted molar refractivity (Wildman–Crippen MR) is 104 cm³/mol. The topological polar surface area (TPSA) is 57.1 Å². The Hall–Kier alpha value is -2.60. The van der Waals surface area contributed by atoms with Crippen molar-refractivity contribution in [3.05, 3.63) is 63.8 Å². The molecule has 0 bridgehead atoms. The van der Waals surface area contributed by atoms with Crippen molar-refractivity contribution in [2.24, 2.45) is 4.99 Å². The number of aliphatic imine (C=N–C) groups is 1. The second-order valence-electron chi connectivity index (χ2n) is 5.42. The van der Waals surface area contributed by atoms with Crippen molar-refractivity contribution >= 4 is 33.9 Å². The van der Waals surface area contributed by atoms with Gasteiger partial charge in [0.2, 0.25) is 5.90 Å². The third-order valence-electron chi connectivity index (χ3n) is 3.56. The normalized spacial score (nSPS) is 15.0. The number of ether oxygens (including phenoxy) is 3. The van der Waals surface area contributed by atoms with Gasteiger partial charge < -0.3 is 14.2 Å². The van der Waals surface area contributed by atoms with E-state index in [0.717, 1.165) is 15.6 Å². The first-order chi connectivity index (χ1) is 12.6. The van der Waals surface area contributed by atoms with Crippen LogP contribution in [0.15, 0.2) is 57.6 Å². The molecule has 0 aliphatic carbocycles. The fourth-order valence-electron chi connectivity index (χ4n) is 2.47. The summed E-state index contributed by atoms with van der Waals surface area (Å²) in [6, 6.07) is 12.9. The first-order valence-electron chi connectivity index (χ1n) is 8.29. The number of hydrogen-bond acceptors (Lipinski definition) is 5. The minimum atomic E-state index is -0.480. The van der Waals surface area contributed by atoms with Crippen molar-refractivity contribution in [2.75, 3.05) is 13.2 Å². The van der Waals surface area contributed by atoms with Crippen LogP contribution < -0.4 is 9.47 Å². The highest BCUT2D eigenvalue weighted by molar-refractivity contribution is 9.10. The maximum absolute atomic E-state index is 12.2. The molecule has 0 atom stereocenters. The zero-order chi connectivity index (χ0) is 18.5. The Morgan fingerprint density at radius 1 is 1.08 bits per heavy atom. The maximum Gasteiger partial charge on any atom is 0.363 e. The first-order valence-corrected chi connectivity index (χ1v) is 9.08. The van der Waals surface area contributed by atoms with Gasteiger partial charge in [0.1, 0.15) is 0 Å². The van der Waals surface area contributed by atoms with E-state index >= 15 is 0 Å². The number of rotatable bonds is 6. The molecule has 6 heteroatoms. The van der Waals surface area contributed by atoms with Crippen LogP contribution in [-0.2, 0) is 9.53 Å². The van der Waals surface area contributed by atoms with Crippen molar-refractivity contribution in [2.45, 2.75) is 13.8 Å². The van der Waals surface area contributed by atoms with Crippen molar-refractivity contribution in [3.8, 4) is 11.5 Å². The number of carbonyl (C=O) groups is 1. The summed E-state index contributed by atoms with van der Waals surface area (Å²) in [4.78, 5) is 16.5. The molecule has 0 fully saturated rings. The Morgan fingerprint density at radius 2 is 1.85 bits per heavy atom. The van der Waals surface area contributed by atoms with Gasteiger partial charge in [-0.25, -0.2) is 9.79 Å². The fourth-order valence-corrected chi connectivity index (χ4v) is 2.87. The third kappa shape index (κ3) is 4.14. The highest BCUT2D eigenvalue weighted by atomic mass is 79.9. The van der Waals surface area contributed by atoms with Crippen LogP contribution in [0, 0.1) is 0 Å². The molecule has 0 amide bonds. The summed E-state index contributed by atoms with van der Waals surface area (Å²) in [5.41, 5.74) is 1.76. The molecule has 1 aliphatic rings. The van der Waals surface area contributed by atoms with E-state index < -0.39 is 5.97 Å². The molecule has 5 nitrogen and oxygen atoms in total. The molecule has 2 aromatic carbocycles. The summed E-state index contributed by atoms with van der Waals surface area (Å²) in [5, 5.41) is 0. The molecule has 0 radical (unpaired) electrons. The second kappa shape index (κ2) is 8.19. The standard InChI is InChI=1S/C20H18BrNO4/c1-3-24-17-9-8-13(11-18(17)25-4-2)10-16-20(23)26-19(22-16)14-6-5-7-15(21)12-14/h5-12H,3-4H2,1-2H3/b16-10-. The third-order valence-corrected chi connectivity index (χ3v) is 4.06. The van der Waals surface area contributed by atoms with Gasteiger partial charge in [-0.2, -0.15) is 0 Å². The minimum Gasteiger partial charge on any atom is -0.490 e. The maximum atomic E-state index is 12.2. The Morgan fingerprint density at radius 3 is 2.58 bits per heavy atom. The van der Waals surface area contributed by atoms with Crippen molar-refractivity contribution in [1.29, 1.82) is 0 Å². The fraction of sp³-hybridized carbons (Fsp3) is 0.200. The molecule has 3 rings (SSSR count). The van der Waals surface area contributed by atoms with E-state index in [2.05, 4.69) is 20.9 Å². The first kappa shape index (κ1) is 18.2. The molecular formula is C20H18BrNO4. The van der Waals surface area contributed by atoms with Gasteiger partial charge >= 0.3 is 5.97 Å². The summed E-state index contributed by atoms with van der Waals surface area (Å²) >= 11 is 3.40. The van der Waals surface area contributed by atoms with Crippen LogP contribution in [0.3, 0.4) is 0 Å². The average Bonchev–Trinajstić information content (AvgIpc) is 2.98. The van der Waals surface area contributed by atoms with Crippen LogP contribution >= 0.6 is 15.9 Å². The molecule has 0 saturated carbocycles. The molecule has 26 heavy (non-hydrogen) atoms. The van der Waals surface area contributed by atoms with Crippen LogP contribution in [-0.4, -0.2) is 25.1 Å². The Labute approximate surface area is 160 Å². The molecule has 0 spiro atoms. The number of halogens is 1. The summed E-state index contributed by atoms with van der Waals surface area (Å²) in [6.07, 6.45) is 1.67. The molecule has 0 saturated heterocycles. The van der Waals surface area contributed by atoms with Gasteiger partial charge in [-0.15, -0.1) is 0 Å². The van der Waals surface area contributed by atoms with E-state index in [1.54, 1.807) is 6.08 Å². The molecule has 2 aromatic rings. The van der Waals surface area contributed by atoms with E-state index in [-0.39, 0.29) is 5.70 Å². The molecule has 1 heterocycles. The minimum absolute atomic E-state index is 0.242. The molecule has 0 aromatic heterocycles. The highest BCUT2D eigenvalue weighted by Crippen LogP contribution is 2.30. The van der Waals surface area contributed by atoms with E-state index in [0.29, 0.717) is 30.6 Å². The number of benzene rings is 2. The molecular weight excluding hydrogens is 398 g/mol. The van der Waals surface area contributed by atoms with Gasteiger partial charge in [-0.1, -0.05) is 28.1 Å². The summed E-state index contributed by atoms with van der Waals surface area (Å²) < 4.78 is 17.3. The van der Waals surface area contributed by atoms with E-state index in [1.807, 2.05) is 56.3 Å². The smallest absolute Gasteiger partial charge is 0.363 e. The van der Waals surface area contributed by atoms with Gasteiger partial charge in [0, 0.05) is 10.0 Å².